The van der Waals surface area contributed by atoms with Gasteiger partial charge in [0, 0.05) is 48.0 Å². The molecule has 5 nitrogen and oxygen atoms in total. The van der Waals surface area contributed by atoms with Crippen molar-refractivity contribution in [3.8, 4) is 0 Å². The van der Waals surface area contributed by atoms with Crippen LogP contribution in [0.1, 0.15) is 23.2 Å². The molecule has 0 radical (unpaired) electrons. The highest BCUT2D eigenvalue weighted by atomic mass is 19.2. The van der Waals surface area contributed by atoms with Crippen molar-refractivity contribution in [1.82, 2.24) is 4.98 Å². The van der Waals surface area contributed by atoms with E-state index in [-0.39, 0.29) is 5.91 Å². The van der Waals surface area contributed by atoms with Gasteiger partial charge in [-0.25, -0.2) is 13.8 Å². The lowest BCUT2D eigenvalue weighted by molar-refractivity contribution is 0.102. The van der Waals surface area contributed by atoms with Crippen LogP contribution in [0.2, 0.25) is 0 Å². The number of aromatic nitrogens is 1. The molecule has 0 atom stereocenters. The molecule has 29 heavy (non-hydrogen) atoms. The Bertz CT molecular complexity index is 1020. The number of nitrogens with zero attached hydrogens (tertiary/aromatic N) is 2. The number of halogens is 2. The first-order valence-electron chi connectivity index (χ1n) is 9.43. The standard InChI is InChI=1S/C22H20F2N4O/c23-19-8-5-17(14-20(19)24)26-21-13-15(9-10-25-21)22(29)27-16-3-6-18(7-4-16)28-11-1-2-12-28/h3-10,13-14H,1-2,11-12H2,(H,25,26)(H,27,29). The lowest BCUT2D eigenvalue weighted by Gasteiger charge is -2.17. The van der Waals surface area contributed by atoms with Crippen LogP contribution in [0.4, 0.5) is 31.7 Å². The van der Waals surface area contributed by atoms with Crippen LogP contribution < -0.4 is 15.5 Å². The maximum absolute atomic E-state index is 13.4. The van der Waals surface area contributed by atoms with Gasteiger partial charge in [-0.1, -0.05) is 0 Å². The van der Waals surface area contributed by atoms with Gasteiger partial charge in [-0.3, -0.25) is 4.79 Å². The fourth-order valence-electron chi connectivity index (χ4n) is 3.30. The third-order valence-corrected chi connectivity index (χ3v) is 4.81. The first-order valence-corrected chi connectivity index (χ1v) is 9.43. The second-order valence-electron chi connectivity index (χ2n) is 6.88. The van der Waals surface area contributed by atoms with Gasteiger partial charge in [-0.2, -0.15) is 0 Å². The van der Waals surface area contributed by atoms with Crippen molar-refractivity contribution in [2.24, 2.45) is 0 Å². The molecule has 0 aliphatic carbocycles. The molecule has 0 unspecified atom stereocenters. The number of anilines is 4. The summed E-state index contributed by atoms with van der Waals surface area (Å²) in [6, 6.07) is 14.4. The third-order valence-electron chi connectivity index (χ3n) is 4.81. The summed E-state index contributed by atoms with van der Waals surface area (Å²) in [6.45, 7) is 2.13. The van der Waals surface area contributed by atoms with E-state index in [9.17, 15) is 13.6 Å². The second-order valence-corrected chi connectivity index (χ2v) is 6.88. The molecule has 2 N–H and O–H groups in total. The highest BCUT2D eigenvalue weighted by molar-refractivity contribution is 6.04. The zero-order valence-electron chi connectivity index (χ0n) is 15.7. The first-order chi connectivity index (χ1) is 14.1. The van der Waals surface area contributed by atoms with Crippen LogP contribution >= 0.6 is 0 Å². The van der Waals surface area contributed by atoms with E-state index < -0.39 is 11.6 Å². The summed E-state index contributed by atoms with van der Waals surface area (Å²) >= 11 is 0. The minimum atomic E-state index is -0.957. The summed E-state index contributed by atoms with van der Waals surface area (Å²) in [5.41, 5.74) is 2.59. The SMILES string of the molecule is O=C(Nc1ccc(N2CCCC2)cc1)c1ccnc(Nc2ccc(F)c(F)c2)c1. The van der Waals surface area contributed by atoms with Crippen LogP contribution in [0.3, 0.4) is 0 Å². The van der Waals surface area contributed by atoms with Gasteiger partial charge >= 0.3 is 0 Å². The number of pyridine rings is 1. The molecule has 1 saturated heterocycles. The molecule has 1 aliphatic heterocycles. The quantitative estimate of drug-likeness (QED) is 0.643. The number of benzene rings is 2. The highest BCUT2D eigenvalue weighted by Crippen LogP contribution is 2.23. The molecular weight excluding hydrogens is 374 g/mol. The van der Waals surface area contributed by atoms with Crippen LogP contribution in [-0.2, 0) is 0 Å². The summed E-state index contributed by atoms with van der Waals surface area (Å²) in [4.78, 5) is 19.0. The topological polar surface area (TPSA) is 57.3 Å². The minimum Gasteiger partial charge on any atom is -0.372 e. The van der Waals surface area contributed by atoms with E-state index in [1.165, 1.54) is 25.1 Å². The Hall–Kier alpha value is -3.48. The summed E-state index contributed by atoms with van der Waals surface area (Å²) in [5.74, 6) is -1.81. The summed E-state index contributed by atoms with van der Waals surface area (Å²) < 4.78 is 26.4. The van der Waals surface area contributed by atoms with Gasteiger partial charge in [0.05, 0.1) is 0 Å². The number of hydrogen-bond donors (Lipinski definition) is 2. The number of hydrogen-bond acceptors (Lipinski definition) is 4. The molecular formula is C22H20F2N4O. The molecule has 1 aliphatic rings. The van der Waals surface area contributed by atoms with Crippen LogP contribution in [0.5, 0.6) is 0 Å². The Morgan fingerprint density at radius 1 is 0.897 bits per heavy atom. The molecule has 4 rings (SSSR count). The Morgan fingerprint density at radius 3 is 2.34 bits per heavy atom. The van der Waals surface area contributed by atoms with Crippen molar-refractivity contribution in [2.45, 2.75) is 12.8 Å². The van der Waals surface area contributed by atoms with E-state index in [1.807, 2.05) is 24.3 Å². The van der Waals surface area contributed by atoms with Crippen molar-refractivity contribution in [3.63, 3.8) is 0 Å². The third kappa shape index (κ3) is 4.51. The molecule has 0 saturated carbocycles. The molecule has 2 heterocycles. The lowest BCUT2D eigenvalue weighted by Crippen LogP contribution is -2.17. The molecule has 148 valence electrons. The predicted octanol–water partition coefficient (Wildman–Crippen LogP) is 4.96. The van der Waals surface area contributed by atoms with Gasteiger partial charge < -0.3 is 15.5 Å². The van der Waals surface area contributed by atoms with Crippen LogP contribution in [0.15, 0.2) is 60.8 Å². The van der Waals surface area contributed by atoms with Gasteiger partial charge in [0.2, 0.25) is 0 Å². The highest BCUT2D eigenvalue weighted by Gasteiger charge is 2.13. The smallest absolute Gasteiger partial charge is 0.255 e. The monoisotopic (exact) mass is 394 g/mol. The fourth-order valence-corrected chi connectivity index (χ4v) is 3.30. The maximum Gasteiger partial charge on any atom is 0.255 e. The van der Waals surface area contributed by atoms with Gasteiger partial charge in [-0.15, -0.1) is 0 Å². The average Bonchev–Trinajstić information content (AvgIpc) is 3.26. The average molecular weight is 394 g/mol. The number of carbonyl (C=O) groups is 1. The van der Waals surface area contributed by atoms with Crippen LogP contribution in [0, 0.1) is 11.6 Å². The Kier molecular flexibility index (Phi) is 5.37. The van der Waals surface area contributed by atoms with Crippen LogP contribution in [0.25, 0.3) is 0 Å². The maximum atomic E-state index is 13.4. The zero-order chi connectivity index (χ0) is 20.2. The van der Waals surface area contributed by atoms with Crippen molar-refractivity contribution >= 4 is 28.8 Å². The van der Waals surface area contributed by atoms with Crippen molar-refractivity contribution in [1.29, 1.82) is 0 Å². The Labute approximate surface area is 167 Å². The van der Waals surface area contributed by atoms with Gasteiger partial charge in [0.1, 0.15) is 5.82 Å². The second kappa shape index (κ2) is 8.26. The van der Waals surface area contributed by atoms with E-state index >= 15 is 0 Å². The molecule has 0 bridgehead atoms. The number of rotatable bonds is 5. The molecule has 3 aromatic rings. The molecule has 1 fully saturated rings. The number of nitrogens with one attached hydrogen (secondary N) is 2. The molecule has 1 aromatic heterocycles. The van der Waals surface area contributed by atoms with E-state index in [1.54, 1.807) is 12.1 Å². The number of carbonyl (C=O) groups excluding carboxylic acids is 1. The molecule has 0 spiro atoms. The largest absolute Gasteiger partial charge is 0.372 e. The molecule has 7 heteroatoms. The molecule has 1 amide bonds. The fraction of sp³-hybridized carbons (Fsp3) is 0.182. The predicted molar refractivity (Wildman–Crippen MR) is 110 cm³/mol. The van der Waals surface area contributed by atoms with Crippen molar-refractivity contribution < 1.29 is 13.6 Å². The minimum absolute atomic E-state index is 0.283. The number of amides is 1. The van der Waals surface area contributed by atoms with Crippen molar-refractivity contribution in [2.75, 3.05) is 28.6 Å². The summed E-state index contributed by atoms with van der Waals surface area (Å²) in [5, 5.41) is 5.73. The lowest BCUT2D eigenvalue weighted by atomic mass is 10.2. The van der Waals surface area contributed by atoms with Gasteiger partial charge in [0.15, 0.2) is 11.6 Å². The van der Waals surface area contributed by atoms with E-state index in [0.717, 1.165) is 30.9 Å². The van der Waals surface area contributed by atoms with Gasteiger partial charge in [-0.05, 0) is 61.4 Å². The van der Waals surface area contributed by atoms with E-state index in [4.69, 9.17) is 0 Å². The van der Waals surface area contributed by atoms with E-state index in [2.05, 4.69) is 20.5 Å². The van der Waals surface area contributed by atoms with E-state index in [0.29, 0.717) is 22.8 Å². The van der Waals surface area contributed by atoms with Crippen LogP contribution in [-0.4, -0.2) is 24.0 Å². The summed E-state index contributed by atoms with van der Waals surface area (Å²) in [7, 11) is 0. The zero-order valence-corrected chi connectivity index (χ0v) is 15.7. The normalized spacial score (nSPS) is 13.4. The molecule has 2 aromatic carbocycles. The van der Waals surface area contributed by atoms with Gasteiger partial charge in [0.25, 0.3) is 5.91 Å². The Balaban J connectivity index is 1.43. The first kappa shape index (κ1) is 18.9. The Morgan fingerprint density at radius 2 is 1.62 bits per heavy atom. The summed E-state index contributed by atoms with van der Waals surface area (Å²) in [6.07, 6.45) is 3.90. The van der Waals surface area contributed by atoms with Crippen molar-refractivity contribution in [3.05, 3.63) is 78.0 Å².